The van der Waals surface area contributed by atoms with Crippen molar-refractivity contribution in [3.63, 3.8) is 0 Å². The third kappa shape index (κ3) is 9.89. The average molecular weight is 337 g/mol. The zero-order valence-corrected chi connectivity index (χ0v) is 15.2. The van der Waals surface area contributed by atoms with E-state index in [9.17, 15) is 4.79 Å². The van der Waals surface area contributed by atoms with Crippen LogP contribution < -0.4 is 5.32 Å². The third-order valence-electron chi connectivity index (χ3n) is 2.83. The van der Waals surface area contributed by atoms with E-state index in [1.807, 2.05) is 45.0 Å². The molecule has 1 aromatic rings. The SMILES string of the molecule is CO/C=C/CC[C@H](CSc1ccccc1)NC(=O)OC(C)(C)C. The molecule has 1 atom stereocenters. The highest BCUT2D eigenvalue weighted by Crippen LogP contribution is 2.19. The fourth-order valence-electron chi connectivity index (χ4n) is 1.85. The highest BCUT2D eigenvalue weighted by Gasteiger charge is 2.19. The molecule has 5 heteroatoms. The molecule has 128 valence electrons. The maximum Gasteiger partial charge on any atom is 0.407 e. The van der Waals surface area contributed by atoms with E-state index >= 15 is 0 Å². The second-order valence-corrected chi connectivity index (χ2v) is 7.25. The number of amides is 1. The van der Waals surface area contributed by atoms with Crippen molar-refractivity contribution in [1.82, 2.24) is 5.32 Å². The van der Waals surface area contributed by atoms with Crippen molar-refractivity contribution < 1.29 is 14.3 Å². The Balaban J connectivity index is 2.53. The van der Waals surface area contributed by atoms with Gasteiger partial charge in [-0.3, -0.25) is 0 Å². The maximum absolute atomic E-state index is 12.0. The van der Waals surface area contributed by atoms with Gasteiger partial charge in [0.05, 0.1) is 13.4 Å². The summed E-state index contributed by atoms with van der Waals surface area (Å²) in [6, 6.07) is 10.2. The van der Waals surface area contributed by atoms with E-state index in [4.69, 9.17) is 9.47 Å². The molecule has 0 spiro atoms. The number of thioether (sulfide) groups is 1. The third-order valence-corrected chi connectivity index (χ3v) is 4.00. The van der Waals surface area contributed by atoms with E-state index in [1.165, 1.54) is 4.90 Å². The van der Waals surface area contributed by atoms with Gasteiger partial charge in [0.15, 0.2) is 0 Å². The first-order valence-electron chi connectivity index (χ1n) is 7.76. The van der Waals surface area contributed by atoms with Crippen LogP contribution in [0.5, 0.6) is 0 Å². The summed E-state index contributed by atoms with van der Waals surface area (Å²) in [7, 11) is 1.62. The number of hydrogen-bond acceptors (Lipinski definition) is 4. The zero-order valence-electron chi connectivity index (χ0n) is 14.4. The van der Waals surface area contributed by atoms with Crippen molar-refractivity contribution >= 4 is 17.9 Å². The van der Waals surface area contributed by atoms with Gasteiger partial charge in [-0.15, -0.1) is 11.8 Å². The monoisotopic (exact) mass is 337 g/mol. The molecular weight excluding hydrogens is 310 g/mol. The molecule has 0 aliphatic heterocycles. The number of allylic oxidation sites excluding steroid dienone is 1. The summed E-state index contributed by atoms with van der Waals surface area (Å²) in [5.41, 5.74) is -0.489. The van der Waals surface area contributed by atoms with Crippen LogP contribution in [0.15, 0.2) is 47.6 Å². The normalized spacial score (nSPS) is 12.9. The fourth-order valence-corrected chi connectivity index (χ4v) is 2.84. The number of alkyl carbamates (subject to hydrolysis) is 1. The van der Waals surface area contributed by atoms with Gasteiger partial charge in [0, 0.05) is 16.7 Å². The number of benzene rings is 1. The van der Waals surface area contributed by atoms with Crippen LogP contribution in [-0.2, 0) is 9.47 Å². The Labute approximate surface area is 143 Å². The molecule has 4 nitrogen and oxygen atoms in total. The minimum absolute atomic E-state index is 0.0385. The first-order chi connectivity index (χ1) is 10.9. The summed E-state index contributed by atoms with van der Waals surface area (Å²) in [6.07, 6.45) is 4.92. The first-order valence-corrected chi connectivity index (χ1v) is 8.74. The van der Waals surface area contributed by atoms with Crippen LogP contribution in [0.1, 0.15) is 33.6 Å². The molecule has 0 aliphatic rings. The molecule has 1 N–H and O–H groups in total. The van der Waals surface area contributed by atoms with Crippen molar-refractivity contribution in [2.45, 2.75) is 50.2 Å². The van der Waals surface area contributed by atoms with Gasteiger partial charge in [0.1, 0.15) is 5.60 Å². The predicted octanol–water partition coefficient (Wildman–Crippen LogP) is 4.61. The first kappa shape index (κ1) is 19.4. The number of methoxy groups -OCH3 is 1. The topological polar surface area (TPSA) is 47.6 Å². The lowest BCUT2D eigenvalue weighted by molar-refractivity contribution is 0.0507. The Hall–Kier alpha value is -1.62. The number of hydrogen-bond donors (Lipinski definition) is 1. The Morgan fingerprint density at radius 1 is 1.30 bits per heavy atom. The molecule has 1 aromatic carbocycles. The Morgan fingerprint density at radius 3 is 2.61 bits per heavy atom. The van der Waals surface area contributed by atoms with Crippen LogP contribution >= 0.6 is 11.8 Å². The highest BCUT2D eigenvalue weighted by atomic mass is 32.2. The number of rotatable bonds is 8. The quantitative estimate of drug-likeness (QED) is 0.556. The molecule has 0 heterocycles. The van der Waals surface area contributed by atoms with E-state index in [1.54, 1.807) is 25.1 Å². The number of carbonyl (C=O) groups excluding carboxylic acids is 1. The van der Waals surface area contributed by atoms with Crippen LogP contribution in [0.3, 0.4) is 0 Å². The fraction of sp³-hybridized carbons (Fsp3) is 0.500. The van der Waals surface area contributed by atoms with Gasteiger partial charge in [0.2, 0.25) is 0 Å². The Bertz CT molecular complexity index is 483. The van der Waals surface area contributed by atoms with Gasteiger partial charge in [-0.2, -0.15) is 0 Å². The molecule has 0 aromatic heterocycles. The smallest absolute Gasteiger partial charge is 0.407 e. The van der Waals surface area contributed by atoms with Gasteiger partial charge in [-0.05, 0) is 51.8 Å². The van der Waals surface area contributed by atoms with E-state index in [0.717, 1.165) is 18.6 Å². The van der Waals surface area contributed by atoms with Gasteiger partial charge in [-0.1, -0.05) is 18.2 Å². The average Bonchev–Trinajstić information content (AvgIpc) is 2.48. The minimum Gasteiger partial charge on any atom is -0.505 e. The standard InChI is InChI=1S/C18H27NO3S/c1-18(2,3)22-17(20)19-15(10-8-9-13-21-4)14-23-16-11-6-5-7-12-16/h5-7,9,11-13,15H,8,10,14H2,1-4H3,(H,19,20)/b13-9+/t15-/m1/s1. The van der Waals surface area contributed by atoms with Gasteiger partial charge in [0.25, 0.3) is 0 Å². The summed E-state index contributed by atoms with van der Waals surface area (Å²) in [6.45, 7) is 5.59. The molecule has 0 radical (unpaired) electrons. The Kier molecular flexibility index (Phi) is 8.62. The Morgan fingerprint density at radius 2 is 2.00 bits per heavy atom. The highest BCUT2D eigenvalue weighted by molar-refractivity contribution is 7.99. The van der Waals surface area contributed by atoms with E-state index < -0.39 is 5.60 Å². The van der Waals surface area contributed by atoms with Crippen molar-refractivity contribution in [3.05, 3.63) is 42.7 Å². The largest absolute Gasteiger partial charge is 0.505 e. The van der Waals surface area contributed by atoms with Gasteiger partial charge >= 0.3 is 6.09 Å². The molecule has 0 unspecified atom stereocenters. The van der Waals surface area contributed by atoms with E-state index in [2.05, 4.69) is 17.4 Å². The van der Waals surface area contributed by atoms with Gasteiger partial charge < -0.3 is 14.8 Å². The van der Waals surface area contributed by atoms with Crippen LogP contribution in [0.25, 0.3) is 0 Å². The number of nitrogens with one attached hydrogen (secondary N) is 1. The van der Waals surface area contributed by atoms with Crippen molar-refractivity contribution in [3.8, 4) is 0 Å². The maximum atomic E-state index is 12.0. The molecule has 0 fully saturated rings. The van der Waals surface area contributed by atoms with Crippen molar-refractivity contribution in [1.29, 1.82) is 0 Å². The molecule has 1 rings (SSSR count). The summed E-state index contributed by atoms with van der Waals surface area (Å²) in [5.74, 6) is 0.796. The summed E-state index contributed by atoms with van der Waals surface area (Å²) >= 11 is 1.73. The molecule has 0 saturated heterocycles. The van der Waals surface area contributed by atoms with Crippen LogP contribution in [0.2, 0.25) is 0 Å². The lowest BCUT2D eigenvalue weighted by Crippen LogP contribution is -2.40. The minimum atomic E-state index is -0.489. The van der Waals surface area contributed by atoms with Gasteiger partial charge in [-0.25, -0.2) is 4.79 Å². The molecule has 0 saturated carbocycles. The molecule has 0 aliphatic carbocycles. The second-order valence-electron chi connectivity index (χ2n) is 6.15. The van der Waals surface area contributed by atoms with Crippen LogP contribution in [0.4, 0.5) is 4.79 Å². The second kappa shape index (κ2) is 10.2. The van der Waals surface area contributed by atoms with Crippen LogP contribution in [0, 0.1) is 0 Å². The van der Waals surface area contributed by atoms with Crippen molar-refractivity contribution in [2.75, 3.05) is 12.9 Å². The van der Waals surface area contributed by atoms with Crippen LogP contribution in [-0.4, -0.2) is 30.6 Å². The lowest BCUT2D eigenvalue weighted by Gasteiger charge is -2.23. The van der Waals surface area contributed by atoms with E-state index in [0.29, 0.717) is 0 Å². The molecular formula is C18H27NO3S. The summed E-state index contributed by atoms with van der Waals surface area (Å²) in [4.78, 5) is 13.2. The number of ether oxygens (including phenoxy) is 2. The molecule has 0 bridgehead atoms. The molecule has 23 heavy (non-hydrogen) atoms. The predicted molar refractivity (Wildman–Crippen MR) is 95.7 cm³/mol. The van der Waals surface area contributed by atoms with E-state index in [-0.39, 0.29) is 12.1 Å². The summed E-state index contributed by atoms with van der Waals surface area (Å²) < 4.78 is 10.2. The summed E-state index contributed by atoms with van der Waals surface area (Å²) in [5, 5.41) is 2.96. The van der Waals surface area contributed by atoms with Crippen molar-refractivity contribution in [2.24, 2.45) is 0 Å². The number of carbonyl (C=O) groups is 1. The zero-order chi connectivity index (χ0) is 17.1. The lowest BCUT2D eigenvalue weighted by atomic mass is 10.2. The molecule has 1 amide bonds.